The van der Waals surface area contributed by atoms with Gasteiger partial charge >= 0.3 is 0 Å². The molecule has 1 aliphatic heterocycles. The van der Waals surface area contributed by atoms with Gasteiger partial charge in [-0.15, -0.1) is 11.8 Å². The summed E-state index contributed by atoms with van der Waals surface area (Å²) in [6.07, 6.45) is 0. The minimum Gasteiger partial charge on any atom is -0.339 e. The first-order chi connectivity index (χ1) is 13.8. The highest BCUT2D eigenvalue weighted by Crippen LogP contribution is 2.27. The van der Waals surface area contributed by atoms with Crippen molar-refractivity contribution in [2.24, 2.45) is 0 Å². The Morgan fingerprint density at radius 3 is 2.45 bits per heavy atom. The third kappa shape index (κ3) is 5.08. The molecule has 1 amide bonds. The van der Waals surface area contributed by atoms with Crippen LogP contribution in [0, 0.1) is 10.1 Å². The van der Waals surface area contributed by atoms with Crippen LogP contribution in [0.3, 0.4) is 0 Å². The molecule has 1 fully saturated rings. The number of benzene rings is 2. The number of nitrogens with zero attached hydrogens (tertiary/aromatic N) is 3. The number of hydrogen-bond acceptors (Lipinski definition) is 6. The predicted molar refractivity (Wildman–Crippen MR) is 111 cm³/mol. The van der Waals surface area contributed by atoms with Crippen LogP contribution in [0.25, 0.3) is 0 Å². The van der Waals surface area contributed by atoms with E-state index in [0.29, 0.717) is 5.02 Å². The van der Waals surface area contributed by atoms with Gasteiger partial charge in [-0.2, -0.15) is 4.31 Å². The summed E-state index contributed by atoms with van der Waals surface area (Å²) in [5.74, 6) is 0.115. The number of rotatable bonds is 6. The van der Waals surface area contributed by atoms with Gasteiger partial charge in [-0.05, 0) is 18.2 Å². The lowest BCUT2D eigenvalue weighted by molar-refractivity contribution is -0.385. The topological polar surface area (TPSA) is 101 Å². The van der Waals surface area contributed by atoms with Crippen molar-refractivity contribution >= 4 is 45.0 Å². The number of non-ortho nitro benzene ring substituents is 1. The highest BCUT2D eigenvalue weighted by Gasteiger charge is 2.30. The number of thioether (sulfide) groups is 1. The summed E-state index contributed by atoms with van der Waals surface area (Å²) in [4.78, 5) is 25.0. The van der Waals surface area contributed by atoms with E-state index in [9.17, 15) is 23.3 Å². The Bertz CT molecular complexity index is 1020. The highest BCUT2D eigenvalue weighted by molar-refractivity contribution is 8.00. The summed E-state index contributed by atoms with van der Waals surface area (Å²) >= 11 is 7.43. The Morgan fingerprint density at radius 2 is 1.79 bits per heavy atom. The second-order valence-electron chi connectivity index (χ2n) is 6.26. The third-order valence-electron chi connectivity index (χ3n) is 4.45. The molecule has 0 atom stereocenters. The summed E-state index contributed by atoms with van der Waals surface area (Å²) in [6.45, 7) is 0.785. The monoisotopic (exact) mass is 455 g/mol. The number of sulfonamides is 1. The molecule has 8 nitrogen and oxygen atoms in total. The van der Waals surface area contributed by atoms with Gasteiger partial charge in [-0.25, -0.2) is 8.42 Å². The number of halogens is 1. The molecule has 2 aromatic carbocycles. The molecule has 1 heterocycles. The van der Waals surface area contributed by atoms with E-state index >= 15 is 0 Å². The molecule has 0 aromatic heterocycles. The molecule has 2 aromatic rings. The van der Waals surface area contributed by atoms with Gasteiger partial charge in [0.15, 0.2) is 0 Å². The molecule has 29 heavy (non-hydrogen) atoms. The molecule has 0 saturated carbocycles. The van der Waals surface area contributed by atoms with E-state index in [1.807, 2.05) is 18.2 Å². The third-order valence-corrected chi connectivity index (χ3v) is 7.84. The van der Waals surface area contributed by atoms with E-state index in [2.05, 4.69) is 0 Å². The standard InChI is InChI=1S/C18H18ClN3O5S2/c19-16-6-1-2-7-17(16)28-13-18(23)20-8-10-21(11-9-20)29(26,27)15-5-3-4-14(12-15)22(24)25/h1-7,12H,8-11,13H2. The summed E-state index contributed by atoms with van der Waals surface area (Å²) in [7, 11) is -3.86. The number of piperazine rings is 1. The first-order valence-corrected chi connectivity index (χ1v) is 11.5. The summed E-state index contributed by atoms with van der Waals surface area (Å²) < 4.78 is 26.8. The second-order valence-corrected chi connectivity index (χ2v) is 9.62. The number of nitro groups is 1. The van der Waals surface area contributed by atoms with Crippen LogP contribution in [-0.4, -0.2) is 60.4 Å². The molecule has 11 heteroatoms. The Hall–Kier alpha value is -2.14. The Balaban J connectivity index is 1.59. The predicted octanol–water partition coefficient (Wildman–Crippen LogP) is 2.87. The first kappa shape index (κ1) is 21.6. The van der Waals surface area contributed by atoms with Gasteiger partial charge in [-0.1, -0.05) is 29.8 Å². The lowest BCUT2D eigenvalue weighted by atomic mass is 10.3. The maximum Gasteiger partial charge on any atom is 0.270 e. The Kier molecular flexibility index (Phi) is 6.78. The largest absolute Gasteiger partial charge is 0.339 e. The highest BCUT2D eigenvalue weighted by atomic mass is 35.5. The van der Waals surface area contributed by atoms with Crippen LogP contribution in [0.2, 0.25) is 5.02 Å². The van der Waals surface area contributed by atoms with E-state index in [1.54, 1.807) is 11.0 Å². The van der Waals surface area contributed by atoms with Gasteiger partial charge in [-0.3, -0.25) is 14.9 Å². The number of nitro benzene ring substituents is 1. The van der Waals surface area contributed by atoms with Gasteiger partial charge in [0.2, 0.25) is 15.9 Å². The first-order valence-electron chi connectivity index (χ1n) is 8.69. The maximum absolute atomic E-state index is 12.8. The van der Waals surface area contributed by atoms with Crippen LogP contribution in [0.5, 0.6) is 0 Å². The van der Waals surface area contributed by atoms with Crippen molar-refractivity contribution in [3.63, 3.8) is 0 Å². The molecular formula is C18H18ClN3O5S2. The number of hydrogen-bond donors (Lipinski definition) is 0. The molecule has 0 aliphatic carbocycles. The molecule has 1 aliphatic rings. The molecule has 0 N–H and O–H groups in total. The van der Waals surface area contributed by atoms with Gasteiger partial charge < -0.3 is 4.90 Å². The SMILES string of the molecule is O=C(CSc1ccccc1Cl)N1CCN(S(=O)(=O)c2cccc([N+](=O)[O-])c2)CC1. The Morgan fingerprint density at radius 1 is 1.10 bits per heavy atom. The van der Waals surface area contributed by atoms with E-state index in [1.165, 1.54) is 34.3 Å². The van der Waals surface area contributed by atoms with Gasteiger partial charge in [0.05, 0.1) is 20.6 Å². The van der Waals surface area contributed by atoms with Crippen LogP contribution >= 0.6 is 23.4 Å². The molecule has 154 valence electrons. The van der Waals surface area contributed by atoms with E-state index in [0.717, 1.165) is 11.0 Å². The van der Waals surface area contributed by atoms with Crippen LogP contribution in [0.4, 0.5) is 5.69 Å². The smallest absolute Gasteiger partial charge is 0.270 e. The average Bonchev–Trinajstić information content (AvgIpc) is 2.73. The second kappa shape index (κ2) is 9.12. The summed E-state index contributed by atoms with van der Waals surface area (Å²) in [5.41, 5.74) is -0.281. The molecular weight excluding hydrogens is 438 g/mol. The molecule has 0 radical (unpaired) electrons. The molecule has 0 unspecified atom stereocenters. The molecule has 0 bridgehead atoms. The van der Waals surface area contributed by atoms with Crippen molar-refractivity contribution in [1.82, 2.24) is 9.21 Å². The number of amides is 1. The van der Waals surface area contributed by atoms with Crippen molar-refractivity contribution in [3.05, 3.63) is 63.7 Å². The molecule has 3 rings (SSSR count). The van der Waals surface area contributed by atoms with Crippen molar-refractivity contribution in [2.75, 3.05) is 31.9 Å². The molecule has 0 spiro atoms. The van der Waals surface area contributed by atoms with Crippen molar-refractivity contribution in [2.45, 2.75) is 9.79 Å². The van der Waals surface area contributed by atoms with Gasteiger partial charge in [0, 0.05) is 43.2 Å². The average molecular weight is 456 g/mol. The van der Waals surface area contributed by atoms with Crippen LogP contribution in [0.15, 0.2) is 58.3 Å². The number of carbonyl (C=O) groups is 1. The van der Waals surface area contributed by atoms with Crippen molar-refractivity contribution in [1.29, 1.82) is 0 Å². The van der Waals surface area contributed by atoms with E-state index in [-0.39, 0.29) is 48.4 Å². The zero-order valence-corrected chi connectivity index (χ0v) is 17.6. The van der Waals surface area contributed by atoms with Crippen LogP contribution < -0.4 is 0 Å². The lowest BCUT2D eigenvalue weighted by Gasteiger charge is -2.34. The fraction of sp³-hybridized carbons (Fsp3) is 0.278. The minimum atomic E-state index is -3.86. The lowest BCUT2D eigenvalue weighted by Crippen LogP contribution is -2.50. The van der Waals surface area contributed by atoms with Crippen LogP contribution in [-0.2, 0) is 14.8 Å². The quantitative estimate of drug-likeness (QED) is 0.377. The zero-order valence-electron chi connectivity index (χ0n) is 15.2. The van der Waals surface area contributed by atoms with E-state index in [4.69, 9.17) is 11.6 Å². The zero-order chi connectivity index (χ0) is 21.0. The number of carbonyl (C=O) groups excluding carboxylic acids is 1. The van der Waals surface area contributed by atoms with Crippen molar-refractivity contribution < 1.29 is 18.1 Å². The van der Waals surface area contributed by atoms with Crippen molar-refractivity contribution in [3.8, 4) is 0 Å². The fourth-order valence-corrected chi connectivity index (χ4v) is 5.48. The van der Waals surface area contributed by atoms with Crippen LogP contribution in [0.1, 0.15) is 0 Å². The Labute approximate surface area is 177 Å². The van der Waals surface area contributed by atoms with Gasteiger partial charge in [0.25, 0.3) is 5.69 Å². The maximum atomic E-state index is 12.8. The summed E-state index contributed by atoms with van der Waals surface area (Å²) in [6, 6.07) is 12.2. The summed E-state index contributed by atoms with van der Waals surface area (Å²) in [5, 5.41) is 11.5. The molecule has 1 saturated heterocycles. The fourth-order valence-electron chi connectivity index (χ4n) is 2.88. The van der Waals surface area contributed by atoms with Gasteiger partial charge in [0.1, 0.15) is 0 Å². The minimum absolute atomic E-state index is 0.0951. The van der Waals surface area contributed by atoms with E-state index < -0.39 is 14.9 Å². The normalized spacial score (nSPS) is 15.3.